The van der Waals surface area contributed by atoms with Gasteiger partial charge in [0.25, 0.3) is 5.60 Å². The Morgan fingerprint density at radius 2 is 2.14 bits per heavy atom. The fourth-order valence-electron chi connectivity index (χ4n) is 2.81. The third-order valence-electron chi connectivity index (χ3n) is 3.83. The van der Waals surface area contributed by atoms with Crippen LogP contribution in [0.3, 0.4) is 0 Å². The quantitative estimate of drug-likeness (QED) is 0.753. The van der Waals surface area contributed by atoms with Crippen LogP contribution in [0.4, 0.5) is 0 Å². The van der Waals surface area contributed by atoms with Crippen LogP contribution in [0.1, 0.15) is 15.9 Å². The highest BCUT2D eigenvalue weighted by Crippen LogP contribution is 2.45. The number of esters is 1. The first-order valence-corrected chi connectivity index (χ1v) is 6.64. The summed E-state index contributed by atoms with van der Waals surface area (Å²) in [6, 6.07) is 2.96. The van der Waals surface area contributed by atoms with E-state index < -0.39 is 23.5 Å². The van der Waals surface area contributed by atoms with Gasteiger partial charge in [-0.15, -0.1) is 0 Å². The number of methoxy groups -OCH3 is 1. The van der Waals surface area contributed by atoms with Crippen molar-refractivity contribution in [3.8, 4) is 11.5 Å². The minimum atomic E-state index is -1.95. The smallest absolute Gasteiger partial charge is 0.358 e. The van der Waals surface area contributed by atoms with E-state index in [2.05, 4.69) is 0 Å². The normalized spacial score (nSPS) is 25.7. The number of allylic oxidation sites excluding steroid dienone is 2. The number of aliphatic hydroxyl groups is 1. The molecule has 0 radical (unpaired) electrons. The maximum atomic E-state index is 12.7. The van der Waals surface area contributed by atoms with Crippen molar-refractivity contribution in [2.24, 2.45) is 0 Å². The lowest BCUT2D eigenvalue weighted by molar-refractivity contribution is -0.162. The second-order valence-corrected chi connectivity index (χ2v) is 5.23. The van der Waals surface area contributed by atoms with Crippen molar-refractivity contribution in [1.82, 2.24) is 0 Å². The van der Waals surface area contributed by atoms with E-state index in [4.69, 9.17) is 9.47 Å². The van der Waals surface area contributed by atoms with E-state index in [0.29, 0.717) is 5.56 Å². The highest BCUT2D eigenvalue weighted by molar-refractivity contribution is 6.18. The number of fused-ring (bicyclic) bond motifs is 2. The number of hydrogen-bond acceptors (Lipinski definition) is 6. The number of rotatable bonds is 1. The van der Waals surface area contributed by atoms with Crippen LogP contribution in [-0.2, 0) is 9.53 Å². The molecule has 2 N–H and O–H groups in total. The number of aryl methyl sites for hydroxylation is 1. The van der Waals surface area contributed by atoms with E-state index in [9.17, 15) is 19.8 Å². The molecule has 0 bridgehead atoms. The number of phenols is 1. The van der Waals surface area contributed by atoms with Gasteiger partial charge in [0.2, 0.25) is 5.78 Å². The zero-order valence-corrected chi connectivity index (χ0v) is 12.0. The predicted octanol–water partition coefficient (Wildman–Crippen LogP) is 1.04. The first-order valence-electron chi connectivity index (χ1n) is 6.64. The minimum absolute atomic E-state index is 0.0288. The molecule has 1 aromatic carbocycles. The third kappa shape index (κ3) is 1.70. The molecule has 1 aliphatic carbocycles. The van der Waals surface area contributed by atoms with E-state index in [1.54, 1.807) is 6.92 Å². The number of Topliss-reactive ketones (excluding diaryl/α,β-unsaturated/α-hetero) is 1. The number of ketones is 1. The van der Waals surface area contributed by atoms with Crippen LogP contribution in [0.15, 0.2) is 35.9 Å². The third-order valence-corrected chi connectivity index (χ3v) is 3.83. The molecule has 0 unspecified atom stereocenters. The topological polar surface area (TPSA) is 93.1 Å². The minimum Gasteiger partial charge on any atom is -0.507 e. The molecule has 2 aliphatic rings. The molecule has 0 aromatic heterocycles. The lowest BCUT2D eigenvalue weighted by Crippen LogP contribution is -2.60. The molecule has 0 saturated carbocycles. The molecule has 6 heteroatoms. The van der Waals surface area contributed by atoms with Crippen LogP contribution in [-0.4, -0.2) is 40.8 Å². The van der Waals surface area contributed by atoms with Crippen molar-refractivity contribution in [2.45, 2.75) is 18.6 Å². The molecule has 1 aromatic rings. The molecule has 22 heavy (non-hydrogen) atoms. The van der Waals surface area contributed by atoms with Gasteiger partial charge in [-0.05, 0) is 24.6 Å². The highest BCUT2D eigenvalue weighted by Gasteiger charge is 2.58. The van der Waals surface area contributed by atoms with Crippen LogP contribution in [0.5, 0.6) is 11.5 Å². The van der Waals surface area contributed by atoms with Crippen molar-refractivity contribution < 1.29 is 29.3 Å². The second kappa shape index (κ2) is 4.71. The number of aliphatic hydroxyl groups excluding tert-OH is 1. The summed E-state index contributed by atoms with van der Waals surface area (Å²) in [6.07, 6.45) is 2.81. The second-order valence-electron chi connectivity index (χ2n) is 5.23. The summed E-state index contributed by atoms with van der Waals surface area (Å²) in [4.78, 5) is 25.0. The van der Waals surface area contributed by atoms with Gasteiger partial charge in [-0.25, -0.2) is 4.79 Å². The van der Waals surface area contributed by atoms with E-state index >= 15 is 0 Å². The molecule has 0 fully saturated rings. The van der Waals surface area contributed by atoms with Gasteiger partial charge < -0.3 is 19.7 Å². The Balaban J connectivity index is 2.29. The van der Waals surface area contributed by atoms with Gasteiger partial charge in [-0.1, -0.05) is 18.2 Å². The Morgan fingerprint density at radius 3 is 2.82 bits per heavy atom. The van der Waals surface area contributed by atoms with Gasteiger partial charge in [0, 0.05) is 0 Å². The molecule has 0 amide bonds. The Morgan fingerprint density at radius 1 is 1.41 bits per heavy atom. The van der Waals surface area contributed by atoms with Crippen molar-refractivity contribution in [1.29, 1.82) is 0 Å². The molecule has 1 aliphatic heterocycles. The summed E-state index contributed by atoms with van der Waals surface area (Å²) in [6.45, 7) is 1.71. The number of phenolic OH excluding ortho intramolecular Hbond substituents is 1. The van der Waals surface area contributed by atoms with E-state index in [1.165, 1.54) is 30.4 Å². The molecule has 2 atom stereocenters. The van der Waals surface area contributed by atoms with E-state index in [1.807, 2.05) is 0 Å². The number of hydrogen-bond donors (Lipinski definition) is 2. The number of ether oxygens (including phenoxy) is 2. The fourth-order valence-corrected chi connectivity index (χ4v) is 2.81. The molecule has 3 rings (SSSR count). The lowest BCUT2D eigenvalue weighted by Gasteiger charge is -2.40. The van der Waals surface area contributed by atoms with Crippen LogP contribution >= 0.6 is 0 Å². The fraction of sp³-hybridized carbons (Fsp3) is 0.250. The standard InChI is InChI=1S/C16H14O6/c1-8-6-10(17)13-11(7-8)22-16(15(20)21-2)9(14(13)19)4-3-5-12(16)18/h3-7,12,17-18H,1-2H3/t12-,16-/m0/s1. The van der Waals surface area contributed by atoms with Crippen molar-refractivity contribution in [3.63, 3.8) is 0 Å². The summed E-state index contributed by atoms with van der Waals surface area (Å²) in [5.41, 5.74) is -1.40. The monoisotopic (exact) mass is 302 g/mol. The van der Waals surface area contributed by atoms with Crippen molar-refractivity contribution >= 4 is 11.8 Å². The number of aromatic hydroxyl groups is 1. The number of benzene rings is 1. The average molecular weight is 302 g/mol. The number of carbonyl (C=O) groups excluding carboxylic acids is 2. The van der Waals surface area contributed by atoms with Gasteiger partial charge in [-0.2, -0.15) is 0 Å². The van der Waals surface area contributed by atoms with Crippen molar-refractivity contribution in [2.75, 3.05) is 7.11 Å². The molecule has 0 saturated heterocycles. The molecule has 0 spiro atoms. The van der Waals surface area contributed by atoms with Gasteiger partial charge >= 0.3 is 5.97 Å². The van der Waals surface area contributed by atoms with Crippen LogP contribution in [0, 0.1) is 6.92 Å². The zero-order chi connectivity index (χ0) is 16.1. The summed E-state index contributed by atoms with van der Waals surface area (Å²) in [5, 5.41) is 20.3. The molecule has 6 nitrogen and oxygen atoms in total. The largest absolute Gasteiger partial charge is 0.507 e. The average Bonchev–Trinajstić information content (AvgIpc) is 2.47. The summed E-state index contributed by atoms with van der Waals surface area (Å²) in [5.74, 6) is -1.65. The summed E-state index contributed by atoms with van der Waals surface area (Å²) in [7, 11) is 1.15. The van der Waals surface area contributed by atoms with Crippen LogP contribution in [0.2, 0.25) is 0 Å². The molecule has 1 heterocycles. The Bertz CT molecular complexity index is 745. The molecular weight excluding hydrogens is 288 g/mol. The molecule has 114 valence electrons. The Kier molecular flexibility index (Phi) is 3.07. The van der Waals surface area contributed by atoms with E-state index in [0.717, 1.165) is 7.11 Å². The molecular formula is C16H14O6. The Labute approximate surface area is 126 Å². The summed E-state index contributed by atoms with van der Waals surface area (Å²) >= 11 is 0. The van der Waals surface area contributed by atoms with Crippen LogP contribution < -0.4 is 4.74 Å². The first-order chi connectivity index (χ1) is 10.4. The van der Waals surface area contributed by atoms with Gasteiger partial charge in [-0.3, -0.25) is 4.79 Å². The highest BCUT2D eigenvalue weighted by atomic mass is 16.6. The van der Waals surface area contributed by atoms with Crippen molar-refractivity contribution in [3.05, 3.63) is 47.1 Å². The predicted molar refractivity (Wildman–Crippen MR) is 75.8 cm³/mol. The van der Waals surface area contributed by atoms with Gasteiger partial charge in [0.1, 0.15) is 23.2 Å². The zero-order valence-electron chi connectivity index (χ0n) is 12.0. The van der Waals surface area contributed by atoms with E-state index in [-0.39, 0.29) is 22.6 Å². The maximum absolute atomic E-state index is 12.7. The van der Waals surface area contributed by atoms with Crippen LogP contribution in [0.25, 0.3) is 0 Å². The SMILES string of the molecule is COC(=O)[C@]12Oc3cc(C)cc(O)c3C(=O)C1=CC=C[C@@H]2O. The van der Waals surface area contributed by atoms with Gasteiger partial charge in [0.05, 0.1) is 12.7 Å². The van der Waals surface area contributed by atoms with Gasteiger partial charge in [0.15, 0.2) is 0 Å². The summed E-state index contributed by atoms with van der Waals surface area (Å²) < 4.78 is 10.4. The number of carbonyl (C=O) groups is 2. The first kappa shape index (κ1) is 14.3. The lowest BCUT2D eigenvalue weighted by atomic mass is 9.77. The maximum Gasteiger partial charge on any atom is 0.358 e. The Hall–Kier alpha value is -2.60.